The quantitative estimate of drug-likeness (QED) is 0.842. The zero-order valence-electron chi connectivity index (χ0n) is 15.7. The second-order valence-corrected chi connectivity index (χ2v) is 7.13. The topological polar surface area (TPSA) is 50.7 Å². The first-order valence-corrected chi connectivity index (χ1v) is 9.23. The molecule has 2 saturated heterocycles. The van der Waals surface area contributed by atoms with Gasteiger partial charge in [0.15, 0.2) is 17.3 Å². The van der Waals surface area contributed by atoms with Gasteiger partial charge in [0.1, 0.15) is 0 Å². The third-order valence-corrected chi connectivity index (χ3v) is 5.74. The second kappa shape index (κ2) is 7.11. The number of para-hydroxylation sites is 1. The Hall–Kier alpha value is -2.34. The van der Waals surface area contributed by atoms with Crippen LogP contribution in [0, 0.1) is 0 Å². The van der Waals surface area contributed by atoms with E-state index in [-0.39, 0.29) is 0 Å². The van der Waals surface area contributed by atoms with E-state index in [1.165, 1.54) is 19.3 Å². The van der Waals surface area contributed by atoms with E-state index < -0.39 is 0 Å². The third kappa shape index (κ3) is 2.98. The molecule has 6 nitrogen and oxygen atoms in total. The van der Waals surface area contributed by atoms with Crippen LogP contribution in [-0.2, 0) is 0 Å². The number of benzene rings is 1. The Balaban J connectivity index is 1.58. The summed E-state index contributed by atoms with van der Waals surface area (Å²) < 4.78 is 10.9. The van der Waals surface area contributed by atoms with Crippen molar-refractivity contribution >= 4 is 5.82 Å². The Morgan fingerprint density at radius 3 is 2.35 bits per heavy atom. The molecule has 0 N–H and O–H groups in total. The molecule has 138 valence electrons. The van der Waals surface area contributed by atoms with Gasteiger partial charge in [0.25, 0.3) is 0 Å². The Morgan fingerprint density at radius 1 is 0.962 bits per heavy atom. The molecular formula is C20H26N4O2. The summed E-state index contributed by atoms with van der Waals surface area (Å²) in [4.78, 5) is 4.93. The van der Waals surface area contributed by atoms with Gasteiger partial charge < -0.3 is 14.4 Å². The lowest BCUT2D eigenvalue weighted by atomic mass is 9.92. The Kier molecular flexibility index (Phi) is 4.68. The zero-order chi connectivity index (χ0) is 18.1. The molecule has 1 aromatic heterocycles. The third-order valence-electron chi connectivity index (χ3n) is 5.74. The molecule has 2 fully saturated rings. The van der Waals surface area contributed by atoms with Crippen molar-refractivity contribution in [3.63, 3.8) is 0 Å². The van der Waals surface area contributed by atoms with Gasteiger partial charge in [0, 0.05) is 30.7 Å². The number of piperazine rings is 1. The Labute approximate surface area is 154 Å². The van der Waals surface area contributed by atoms with Gasteiger partial charge in [-0.05, 0) is 44.2 Å². The van der Waals surface area contributed by atoms with E-state index in [9.17, 15) is 0 Å². The standard InChI is InChI=1S/C20H26N4O2/c1-23-14-6-4-7-15(23)13-24(12-14)19-11-10-17(21-22-19)16-8-5-9-18(25-2)20(16)26-3/h5,8-11,14-15H,4,6-7,12-13H2,1-3H3. The highest BCUT2D eigenvalue weighted by atomic mass is 16.5. The van der Waals surface area contributed by atoms with Gasteiger partial charge in [0.2, 0.25) is 0 Å². The molecule has 2 atom stereocenters. The molecule has 0 radical (unpaired) electrons. The van der Waals surface area contributed by atoms with Crippen LogP contribution in [0.4, 0.5) is 5.82 Å². The van der Waals surface area contributed by atoms with Gasteiger partial charge in [-0.1, -0.05) is 12.5 Å². The number of methoxy groups -OCH3 is 2. The van der Waals surface area contributed by atoms with Gasteiger partial charge in [0.05, 0.1) is 19.9 Å². The van der Waals surface area contributed by atoms with Gasteiger partial charge in [-0.2, -0.15) is 0 Å². The van der Waals surface area contributed by atoms with Crippen molar-refractivity contribution in [2.24, 2.45) is 0 Å². The van der Waals surface area contributed by atoms with Crippen molar-refractivity contribution in [1.82, 2.24) is 15.1 Å². The van der Waals surface area contributed by atoms with Crippen LogP contribution in [0.5, 0.6) is 11.5 Å². The first-order chi connectivity index (χ1) is 12.7. The smallest absolute Gasteiger partial charge is 0.170 e. The summed E-state index contributed by atoms with van der Waals surface area (Å²) in [6, 6.07) is 11.1. The van der Waals surface area contributed by atoms with Gasteiger partial charge in [-0.3, -0.25) is 4.90 Å². The van der Waals surface area contributed by atoms with Crippen LogP contribution in [0.15, 0.2) is 30.3 Å². The van der Waals surface area contributed by atoms with Crippen molar-refractivity contribution in [3.05, 3.63) is 30.3 Å². The number of aromatic nitrogens is 2. The maximum absolute atomic E-state index is 5.52. The van der Waals surface area contributed by atoms with Crippen molar-refractivity contribution in [1.29, 1.82) is 0 Å². The lowest BCUT2D eigenvalue weighted by molar-refractivity contribution is 0.0946. The van der Waals surface area contributed by atoms with E-state index in [0.717, 1.165) is 30.2 Å². The van der Waals surface area contributed by atoms with E-state index in [1.54, 1.807) is 14.2 Å². The minimum Gasteiger partial charge on any atom is -0.493 e. The highest BCUT2D eigenvalue weighted by Gasteiger charge is 2.35. The minimum atomic E-state index is 0.627. The van der Waals surface area contributed by atoms with Crippen LogP contribution in [0.3, 0.4) is 0 Å². The zero-order valence-corrected chi connectivity index (χ0v) is 15.7. The average molecular weight is 354 g/mol. The molecule has 2 aromatic rings. The molecule has 4 rings (SSSR count). The molecule has 1 aromatic carbocycles. The molecule has 0 amide bonds. The van der Waals surface area contributed by atoms with E-state index in [4.69, 9.17) is 9.47 Å². The summed E-state index contributed by atoms with van der Waals surface area (Å²) in [5, 5.41) is 9.00. The fraction of sp³-hybridized carbons (Fsp3) is 0.500. The predicted octanol–water partition coefficient (Wildman–Crippen LogP) is 2.83. The number of ether oxygens (including phenoxy) is 2. The van der Waals surface area contributed by atoms with Crippen LogP contribution in [0.25, 0.3) is 11.3 Å². The van der Waals surface area contributed by atoms with E-state index in [2.05, 4.69) is 33.1 Å². The monoisotopic (exact) mass is 354 g/mol. The van der Waals surface area contributed by atoms with Crippen LogP contribution in [-0.4, -0.2) is 61.5 Å². The molecule has 2 bridgehead atoms. The van der Waals surface area contributed by atoms with Crippen LogP contribution in [0.1, 0.15) is 19.3 Å². The molecule has 0 spiro atoms. The SMILES string of the molecule is COc1cccc(-c2ccc(N3CC4CCCC(C3)N4C)nn2)c1OC. The van der Waals surface area contributed by atoms with E-state index in [1.807, 2.05) is 24.3 Å². The highest BCUT2D eigenvalue weighted by Crippen LogP contribution is 2.37. The van der Waals surface area contributed by atoms with Crippen LogP contribution < -0.4 is 14.4 Å². The molecule has 6 heteroatoms. The largest absolute Gasteiger partial charge is 0.493 e. The van der Waals surface area contributed by atoms with Gasteiger partial charge in [-0.15, -0.1) is 10.2 Å². The number of piperidine rings is 1. The molecule has 2 unspecified atom stereocenters. The van der Waals surface area contributed by atoms with Crippen molar-refractivity contribution < 1.29 is 9.47 Å². The summed E-state index contributed by atoms with van der Waals surface area (Å²) in [5.74, 6) is 2.34. The molecule has 2 aliphatic heterocycles. The van der Waals surface area contributed by atoms with E-state index >= 15 is 0 Å². The number of anilines is 1. The fourth-order valence-electron chi connectivity index (χ4n) is 4.23. The summed E-state index contributed by atoms with van der Waals surface area (Å²) in [6.45, 7) is 2.06. The van der Waals surface area contributed by atoms with Crippen molar-refractivity contribution in [2.45, 2.75) is 31.3 Å². The number of nitrogens with zero attached hydrogens (tertiary/aromatic N) is 4. The number of fused-ring (bicyclic) bond motifs is 2. The predicted molar refractivity (Wildman–Crippen MR) is 102 cm³/mol. The number of hydrogen-bond donors (Lipinski definition) is 0. The molecule has 0 aliphatic carbocycles. The van der Waals surface area contributed by atoms with Gasteiger partial charge in [-0.25, -0.2) is 0 Å². The summed E-state index contributed by atoms with van der Waals surface area (Å²) in [6.07, 6.45) is 3.89. The normalized spacial score (nSPS) is 23.0. The highest BCUT2D eigenvalue weighted by molar-refractivity contribution is 5.71. The van der Waals surface area contributed by atoms with Crippen molar-refractivity contribution in [3.8, 4) is 22.8 Å². The number of hydrogen-bond acceptors (Lipinski definition) is 6. The maximum atomic E-state index is 5.52. The molecule has 2 aliphatic rings. The van der Waals surface area contributed by atoms with Crippen molar-refractivity contribution in [2.75, 3.05) is 39.3 Å². The number of rotatable bonds is 4. The molecular weight excluding hydrogens is 328 g/mol. The maximum Gasteiger partial charge on any atom is 0.170 e. The second-order valence-electron chi connectivity index (χ2n) is 7.13. The first-order valence-electron chi connectivity index (χ1n) is 9.23. The molecule has 3 heterocycles. The lowest BCUT2D eigenvalue weighted by Gasteiger charge is -2.48. The molecule has 0 saturated carbocycles. The number of likely N-dealkylation sites (N-methyl/N-ethyl adjacent to an activating group) is 1. The average Bonchev–Trinajstić information content (AvgIpc) is 2.67. The molecule has 26 heavy (non-hydrogen) atoms. The van der Waals surface area contributed by atoms with Crippen LogP contribution >= 0.6 is 0 Å². The summed E-state index contributed by atoms with van der Waals surface area (Å²) in [5.41, 5.74) is 1.68. The van der Waals surface area contributed by atoms with Gasteiger partial charge >= 0.3 is 0 Å². The fourth-order valence-corrected chi connectivity index (χ4v) is 4.23. The Bertz CT molecular complexity index is 751. The lowest BCUT2D eigenvalue weighted by Crippen LogP contribution is -2.59. The van der Waals surface area contributed by atoms with E-state index in [0.29, 0.717) is 23.6 Å². The summed E-state index contributed by atoms with van der Waals surface area (Å²) in [7, 11) is 5.54. The first kappa shape index (κ1) is 17.1. The Morgan fingerprint density at radius 2 is 1.73 bits per heavy atom. The minimum absolute atomic E-state index is 0.627. The summed E-state index contributed by atoms with van der Waals surface area (Å²) >= 11 is 0. The van der Waals surface area contributed by atoms with Crippen LogP contribution in [0.2, 0.25) is 0 Å².